The van der Waals surface area contributed by atoms with E-state index in [2.05, 4.69) is 39.6 Å². The highest BCUT2D eigenvalue weighted by atomic mass is 32.2. The molecule has 3 aromatic rings. The van der Waals surface area contributed by atoms with Gasteiger partial charge in [-0.05, 0) is 43.2 Å². The molecule has 0 saturated heterocycles. The van der Waals surface area contributed by atoms with Crippen LogP contribution in [-0.4, -0.2) is 34.2 Å². The van der Waals surface area contributed by atoms with Crippen LogP contribution in [0.15, 0.2) is 41.6 Å². The Balaban J connectivity index is 1.46. The SMILES string of the molecule is CCOC(=O)c1c(NC(=O)CCSc2nc(N)cc(N)n2)sc2c1CCC(c1ccccc1)C2. The molecule has 0 fully saturated rings. The van der Waals surface area contributed by atoms with Crippen molar-refractivity contribution in [2.45, 2.75) is 43.7 Å². The van der Waals surface area contributed by atoms with Crippen molar-refractivity contribution in [2.75, 3.05) is 29.1 Å². The van der Waals surface area contributed by atoms with Crippen molar-refractivity contribution in [3.05, 3.63) is 58.0 Å². The first-order valence-corrected chi connectivity index (χ1v) is 12.9. The number of hydrogen-bond donors (Lipinski definition) is 3. The quantitative estimate of drug-likeness (QED) is 0.239. The summed E-state index contributed by atoms with van der Waals surface area (Å²) in [6.07, 6.45) is 2.80. The van der Waals surface area contributed by atoms with E-state index in [1.165, 1.54) is 34.7 Å². The normalized spacial score (nSPS) is 14.9. The molecule has 0 bridgehead atoms. The van der Waals surface area contributed by atoms with Gasteiger partial charge in [0.05, 0.1) is 12.2 Å². The second-order valence-electron chi connectivity index (χ2n) is 7.93. The Hall–Kier alpha value is -3.11. The first-order valence-electron chi connectivity index (χ1n) is 11.1. The zero-order valence-electron chi connectivity index (χ0n) is 18.9. The lowest BCUT2D eigenvalue weighted by Gasteiger charge is -2.23. The molecule has 34 heavy (non-hydrogen) atoms. The molecule has 2 aromatic heterocycles. The van der Waals surface area contributed by atoms with Gasteiger partial charge in [0.1, 0.15) is 16.6 Å². The van der Waals surface area contributed by atoms with Crippen LogP contribution in [0.4, 0.5) is 16.6 Å². The van der Waals surface area contributed by atoms with Gasteiger partial charge in [0.2, 0.25) is 5.91 Å². The topological polar surface area (TPSA) is 133 Å². The molecule has 5 N–H and O–H groups in total. The molecular formula is C24H27N5O3S2. The van der Waals surface area contributed by atoms with Gasteiger partial charge in [0.15, 0.2) is 5.16 Å². The number of ether oxygens (including phenoxy) is 1. The van der Waals surface area contributed by atoms with Crippen molar-refractivity contribution in [1.29, 1.82) is 0 Å². The van der Waals surface area contributed by atoms with Gasteiger partial charge < -0.3 is 21.5 Å². The summed E-state index contributed by atoms with van der Waals surface area (Å²) in [5.41, 5.74) is 14.2. The Morgan fingerprint density at radius 3 is 2.65 bits per heavy atom. The van der Waals surface area contributed by atoms with Crippen molar-refractivity contribution in [1.82, 2.24) is 9.97 Å². The number of hydrogen-bond acceptors (Lipinski definition) is 9. The lowest BCUT2D eigenvalue weighted by molar-refractivity contribution is -0.115. The van der Waals surface area contributed by atoms with Gasteiger partial charge >= 0.3 is 5.97 Å². The van der Waals surface area contributed by atoms with Gasteiger partial charge in [-0.2, -0.15) is 0 Å². The maximum absolute atomic E-state index is 12.8. The molecule has 1 aliphatic carbocycles. The fourth-order valence-electron chi connectivity index (χ4n) is 4.05. The average molecular weight is 498 g/mol. The number of rotatable bonds is 8. The number of anilines is 3. The molecule has 0 aliphatic heterocycles. The smallest absolute Gasteiger partial charge is 0.341 e. The number of nitrogens with one attached hydrogen (secondary N) is 1. The fourth-order valence-corrected chi connectivity index (χ4v) is 6.20. The second-order valence-corrected chi connectivity index (χ2v) is 10.1. The number of esters is 1. The van der Waals surface area contributed by atoms with Crippen molar-refractivity contribution in [3.8, 4) is 0 Å². The minimum absolute atomic E-state index is 0.187. The van der Waals surface area contributed by atoms with Crippen molar-refractivity contribution in [3.63, 3.8) is 0 Å². The summed E-state index contributed by atoms with van der Waals surface area (Å²) in [7, 11) is 0. The van der Waals surface area contributed by atoms with Crippen molar-refractivity contribution < 1.29 is 14.3 Å². The molecule has 0 radical (unpaired) electrons. The third-order valence-electron chi connectivity index (χ3n) is 5.57. The van der Waals surface area contributed by atoms with E-state index < -0.39 is 0 Å². The van der Waals surface area contributed by atoms with Gasteiger partial charge in [-0.1, -0.05) is 42.1 Å². The largest absolute Gasteiger partial charge is 0.462 e. The summed E-state index contributed by atoms with van der Waals surface area (Å²) < 4.78 is 5.32. The Morgan fingerprint density at radius 1 is 1.21 bits per heavy atom. The molecule has 0 spiro atoms. The minimum Gasteiger partial charge on any atom is -0.462 e. The molecule has 1 atom stereocenters. The first kappa shape index (κ1) is 24.0. The number of carbonyl (C=O) groups excluding carboxylic acids is 2. The van der Waals surface area contributed by atoms with Crippen LogP contribution in [0.1, 0.15) is 52.0 Å². The number of nitrogens with zero attached hydrogens (tertiary/aromatic N) is 2. The van der Waals surface area contributed by atoms with Gasteiger partial charge in [-0.25, -0.2) is 14.8 Å². The van der Waals surface area contributed by atoms with Crippen LogP contribution < -0.4 is 16.8 Å². The molecular weight excluding hydrogens is 470 g/mol. The summed E-state index contributed by atoms with van der Waals surface area (Å²) >= 11 is 2.78. The van der Waals surface area contributed by atoms with Crippen LogP contribution in [0.2, 0.25) is 0 Å². The molecule has 1 unspecified atom stereocenters. The summed E-state index contributed by atoms with van der Waals surface area (Å²) in [5, 5.41) is 3.94. The number of amides is 1. The highest BCUT2D eigenvalue weighted by molar-refractivity contribution is 7.99. The van der Waals surface area contributed by atoms with E-state index in [0.717, 1.165) is 29.7 Å². The third kappa shape index (κ3) is 5.68. The minimum atomic E-state index is -0.383. The molecule has 0 saturated carbocycles. The van der Waals surface area contributed by atoms with Crippen LogP contribution in [0, 0.1) is 0 Å². The Morgan fingerprint density at radius 2 is 1.94 bits per heavy atom. The predicted molar refractivity (Wildman–Crippen MR) is 136 cm³/mol. The zero-order chi connectivity index (χ0) is 24.1. The van der Waals surface area contributed by atoms with E-state index in [1.807, 2.05) is 6.07 Å². The van der Waals surface area contributed by atoms with Crippen LogP contribution >= 0.6 is 23.1 Å². The monoisotopic (exact) mass is 497 g/mol. The molecule has 1 aliphatic rings. The predicted octanol–water partition coefficient (Wildman–Crippen LogP) is 4.27. The fraction of sp³-hybridized carbons (Fsp3) is 0.333. The van der Waals surface area contributed by atoms with Crippen LogP contribution in [-0.2, 0) is 22.4 Å². The Labute approximate surface area is 206 Å². The second kappa shape index (κ2) is 10.9. The van der Waals surface area contributed by atoms with E-state index in [0.29, 0.717) is 27.4 Å². The van der Waals surface area contributed by atoms with Crippen LogP contribution in [0.5, 0.6) is 0 Å². The number of nitrogens with two attached hydrogens (primary N) is 2. The van der Waals surface area contributed by atoms with Gasteiger partial charge in [0, 0.05) is 23.1 Å². The van der Waals surface area contributed by atoms with Crippen molar-refractivity contribution >= 4 is 51.6 Å². The van der Waals surface area contributed by atoms with Gasteiger partial charge in [-0.15, -0.1) is 11.3 Å². The standard InChI is InChI=1S/C24H27N5O3S2/c1-2-32-23(31)21-16-9-8-15(14-6-4-3-5-7-14)12-17(16)34-22(21)29-20(30)10-11-33-24-27-18(25)13-19(26)28-24/h3-7,13,15H,2,8-12H2,1H3,(H,29,30)(H4,25,26,27,28). The number of benzene rings is 1. The molecule has 1 amide bonds. The maximum atomic E-state index is 12.8. The van der Waals surface area contributed by atoms with Gasteiger partial charge in [-0.3, -0.25) is 4.79 Å². The van der Waals surface area contributed by atoms with Gasteiger partial charge in [0.25, 0.3) is 0 Å². The molecule has 8 nitrogen and oxygen atoms in total. The van der Waals surface area contributed by atoms with E-state index >= 15 is 0 Å². The number of aromatic nitrogens is 2. The molecule has 178 valence electrons. The summed E-state index contributed by atoms with van der Waals surface area (Å²) in [4.78, 5) is 34.8. The average Bonchev–Trinajstić information content (AvgIpc) is 3.16. The van der Waals surface area contributed by atoms with E-state index in [4.69, 9.17) is 16.2 Å². The molecule has 10 heteroatoms. The highest BCUT2D eigenvalue weighted by Gasteiger charge is 2.30. The molecule has 1 aromatic carbocycles. The van der Waals surface area contributed by atoms with Crippen LogP contribution in [0.3, 0.4) is 0 Å². The third-order valence-corrected chi connectivity index (χ3v) is 7.59. The Bertz CT molecular complexity index is 1160. The van der Waals surface area contributed by atoms with Crippen molar-refractivity contribution in [2.24, 2.45) is 0 Å². The summed E-state index contributed by atoms with van der Waals surface area (Å²) in [6.45, 7) is 2.06. The van der Waals surface area contributed by atoms with E-state index in [1.54, 1.807) is 6.92 Å². The lowest BCUT2D eigenvalue weighted by Crippen LogP contribution is -2.17. The molecule has 2 heterocycles. The first-order chi connectivity index (χ1) is 16.4. The number of carbonyl (C=O) groups is 2. The Kier molecular flexibility index (Phi) is 7.69. The number of fused-ring (bicyclic) bond motifs is 1. The summed E-state index contributed by atoms with van der Waals surface area (Å²) in [5.74, 6) is 0.852. The van der Waals surface area contributed by atoms with Crippen LogP contribution in [0.25, 0.3) is 0 Å². The molecule has 4 rings (SSSR count). The van der Waals surface area contributed by atoms with E-state index in [9.17, 15) is 9.59 Å². The van der Waals surface area contributed by atoms with E-state index in [-0.39, 0.29) is 36.5 Å². The highest BCUT2D eigenvalue weighted by Crippen LogP contribution is 2.42. The number of thiophene rings is 1. The summed E-state index contributed by atoms with van der Waals surface area (Å²) in [6, 6.07) is 11.9. The lowest BCUT2D eigenvalue weighted by atomic mass is 9.83. The number of thioether (sulfide) groups is 1. The zero-order valence-corrected chi connectivity index (χ0v) is 20.5. The number of nitrogen functional groups attached to an aromatic ring is 2. The maximum Gasteiger partial charge on any atom is 0.341 e.